The smallest absolute Gasteiger partial charge is 0.154 e. The molecule has 1 aliphatic heterocycles. The van der Waals surface area contributed by atoms with E-state index in [9.17, 15) is 0 Å². The molecule has 1 atom stereocenters. The minimum atomic E-state index is 0.345. The molecule has 1 fully saturated rings. The molecule has 3 rings (SSSR count). The van der Waals surface area contributed by atoms with Gasteiger partial charge in [-0.05, 0) is 37.9 Å². The summed E-state index contributed by atoms with van der Waals surface area (Å²) in [5, 5.41) is 11.8. The first-order chi connectivity index (χ1) is 8.36. The predicted octanol–water partition coefficient (Wildman–Crippen LogP) is 2.00. The van der Waals surface area contributed by atoms with Crippen molar-refractivity contribution >= 4 is 0 Å². The zero-order chi connectivity index (χ0) is 11.7. The number of hydrogen-bond acceptors (Lipinski definition) is 3. The number of nitrogens with zero attached hydrogens (tertiary/aromatic N) is 3. The third kappa shape index (κ3) is 1.85. The van der Waals surface area contributed by atoms with Crippen LogP contribution >= 0.6 is 0 Å². The average Bonchev–Trinajstić information content (AvgIpc) is 3.00. The average molecular weight is 228 g/mol. The molecule has 0 amide bonds. The zero-order valence-corrected chi connectivity index (χ0v) is 9.93. The van der Waals surface area contributed by atoms with Gasteiger partial charge in [0, 0.05) is 0 Å². The fourth-order valence-corrected chi connectivity index (χ4v) is 2.41. The minimum absolute atomic E-state index is 0.345. The van der Waals surface area contributed by atoms with Crippen molar-refractivity contribution in [3.63, 3.8) is 0 Å². The van der Waals surface area contributed by atoms with Crippen LogP contribution in [0.2, 0.25) is 0 Å². The zero-order valence-electron chi connectivity index (χ0n) is 9.93. The summed E-state index contributed by atoms with van der Waals surface area (Å²) in [5.41, 5.74) is 2.41. The van der Waals surface area contributed by atoms with Crippen molar-refractivity contribution in [2.45, 2.75) is 25.8 Å². The highest BCUT2D eigenvalue weighted by molar-refractivity contribution is 5.40. The molecule has 1 unspecified atom stereocenters. The van der Waals surface area contributed by atoms with Crippen LogP contribution < -0.4 is 5.32 Å². The van der Waals surface area contributed by atoms with Gasteiger partial charge in [0.05, 0.1) is 11.7 Å². The topological polar surface area (TPSA) is 42.7 Å². The normalized spacial score (nSPS) is 19.7. The number of nitrogens with one attached hydrogen (secondary N) is 1. The van der Waals surface area contributed by atoms with Gasteiger partial charge in [-0.3, -0.25) is 4.57 Å². The molecule has 4 heteroatoms. The van der Waals surface area contributed by atoms with Gasteiger partial charge in [0.15, 0.2) is 5.82 Å². The second kappa shape index (κ2) is 4.30. The van der Waals surface area contributed by atoms with E-state index in [0.29, 0.717) is 6.04 Å². The van der Waals surface area contributed by atoms with E-state index in [1.165, 1.54) is 17.7 Å². The number of benzene rings is 1. The molecular formula is C13H16N4. The maximum atomic E-state index is 4.27. The van der Waals surface area contributed by atoms with Crippen LogP contribution in [-0.4, -0.2) is 21.3 Å². The second-order valence-corrected chi connectivity index (χ2v) is 4.49. The van der Waals surface area contributed by atoms with Crippen LogP contribution in [0.15, 0.2) is 30.6 Å². The fourth-order valence-electron chi connectivity index (χ4n) is 2.41. The van der Waals surface area contributed by atoms with E-state index in [0.717, 1.165) is 18.8 Å². The van der Waals surface area contributed by atoms with E-state index in [4.69, 9.17) is 0 Å². The summed E-state index contributed by atoms with van der Waals surface area (Å²) in [6.45, 7) is 3.19. The van der Waals surface area contributed by atoms with Crippen molar-refractivity contribution in [3.05, 3.63) is 42.0 Å². The van der Waals surface area contributed by atoms with E-state index < -0.39 is 0 Å². The number of hydrogen-bond donors (Lipinski definition) is 1. The van der Waals surface area contributed by atoms with Gasteiger partial charge >= 0.3 is 0 Å². The maximum Gasteiger partial charge on any atom is 0.154 e. The molecule has 1 aromatic heterocycles. The van der Waals surface area contributed by atoms with Crippen molar-refractivity contribution in [1.29, 1.82) is 0 Å². The monoisotopic (exact) mass is 228 g/mol. The lowest BCUT2D eigenvalue weighted by Gasteiger charge is -2.13. The van der Waals surface area contributed by atoms with Gasteiger partial charge in [-0.25, -0.2) is 0 Å². The Balaban J connectivity index is 2.04. The Morgan fingerprint density at radius 2 is 2.24 bits per heavy atom. The highest BCUT2D eigenvalue weighted by Gasteiger charge is 2.22. The van der Waals surface area contributed by atoms with Gasteiger partial charge in [-0.1, -0.05) is 18.2 Å². The van der Waals surface area contributed by atoms with Crippen molar-refractivity contribution in [2.75, 3.05) is 6.54 Å². The fraction of sp³-hybridized carbons (Fsp3) is 0.385. The summed E-state index contributed by atoms with van der Waals surface area (Å²) < 4.78 is 2.10. The lowest BCUT2D eigenvalue weighted by atomic mass is 10.1. The summed E-state index contributed by atoms with van der Waals surface area (Å²) in [6.07, 6.45) is 4.16. The van der Waals surface area contributed by atoms with Gasteiger partial charge in [0.2, 0.25) is 0 Å². The summed E-state index contributed by atoms with van der Waals surface area (Å²) in [5.74, 6) is 1.02. The van der Waals surface area contributed by atoms with Gasteiger partial charge in [-0.15, -0.1) is 10.2 Å². The Kier molecular flexibility index (Phi) is 2.65. The van der Waals surface area contributed by atoms with Crippen LogP contribution in [0, 0.1) is 6.92 Å². The van der Waals surface area contributed by atoms with Crippen molar-refractivity contribution in [1.82, 2.24) is 20.1 Å². The second-order valence-electron chi connectivity index (χ2n) is 4.49. The van der Waals surface area contributed by atoms with Crippen LogP contribution in [0.3, 0.4) is 0 Å². The molecule has 1 N–H and O–H groups in total. The van der Waals surface area contributed by atoms with Crippen molar-refractivity contribution in [2.24, 2.45) is 0 Å². The maximum absolute atomic E-state index is 4.27. The minimum Gasteiger partial charge on any atom is -0.307 e. The van der Waals surface area contributed by atoms with Gasteiger partial charge in [-0.2, -0.15) is 0 Å². The summed E-state index contributed by atoms with van der Waals surface area (Å²) in [7, 11) is 0. The first-order valence-electron chi connectivity index (χ1n) is 6.05. The highest BCUT2D eigenvalue weighted by Crippen LogP contribution is 2.24. The van der Waals surface area contributed by atoms with E-state index in [2.05, 4.69) is 45.2 Å². The predicted molar refractivity (Wildman–Crippen MR) is 66.1 cm³/mol. The molecule has 0 bridgehead atoms. The van der Waals surface area contributed by atoms with Crippen LogP contribution in [-0.2, 0) is 0 Å². The molecule has 0 aliphatic carbocycles. The van der Waals surface area contributed by atoms with Crippen LogP contribution in [0.5, 0.6) is 0 Å². The SMILES string of the molecule is Cc1ccccc1-n1cnnc1C1CCCN1. The van der Waals surface area contributed by atoms with Gasteiger partial charge in [0.25, 0.3) is 0 Å². The number of aromatic nitrogens is 3. The van der Waals surface area contributed by atoms with E-state index in [1.54, 1.807) is 6.33 Å². The van der Waals surface area contributed by atoms with Crippen LogP contribution in [0.4, 0.5) is 0 Å². The van der Waals surface area contributed by atoms with Crippen molar-refractivity contribution < 1.29 is 0 Å². The van der Waals surface area contributed by atoms with Crippen LogP contribution in [0.25, 0.3) is 5.69 Å². The molecule has 1 aromatic carbocycles. The van der Waals surface area contributed by atoms with Crippen LogP contribution in [0.1, 0.15) is 30.3 Å². The lowest BCUT2D eigenvalue weighted by Crippen LogP contribution is -2.17. The molecule has 17 heavy (non-hydrogen) atoms. The molecule has 2 aromatic rings. The Morgan fingerprint density at radius 1 is 1.35 bits per heavy atom. The Labute approximate surface area is 101 Å². The Bertz CT molecular complexity index is 512. The van der Waals surface area contributed by atoms with E-state index >= 15 is 0 Å². The molecule has 1 aliphatic rings. The molecule has 0 spiro atoms. The molecule has 4 nitrogen and oxygen atoms in total. The molecule has 1 saturated heterocycles. The molecule has 2 heterocycles. The van der Waals surface area contributed by atoms with E-state index in [-0.39, 0.29) is 0 Å². The largest absolute Gasteiger partial charge is 0.307 e. The number of para-hydroxylation sites is 1. The van der Waals surface area contributed by atoms with Gasteiger partial charge in [0.1, 0.15) is 6.33 Å². The molecule has 0 radical (unpaired) electrons. The number of rotatable bonds is 2. The first-order valence-corrected chi connectivity index (χ1v) is 6.05. The quantitative estimate of drug-likeness (QED) is 0.855. The Hall–Kier alpha value is -1.68. The highest BCUT2D eigenvalue weighted by atomic mass is 15.3. The third-order valence-corrected chi connectivity index (χ3v) is 3.32. The summed E-state index contributed by atoms with van der Waals surface area (Å²) in [6, 6.07) is 8.67. The number of aryl methyl sites for hydroxylation is 1. The third-order valence-electron chi connectivity index (χ3n) is 3.32. The molecule has 0 saturated carbocycles. The first kappa shape index (κ1) is 10.5. The summed E-state index contributed by atoms with van der Waals surface area (Å²) in [4.78, 5) is 0. The van der Waals surface area contributed by atoms with Gasteiger partial charge < -0.3 is 5.32 Å². The molecular weight excluding hydrogens is 212 g/mol. The Morgan fingerprint density at radius 3 is 3.00 bits per heavy atom. The summed E-state index contributed by atoms with van der Waals surface area (Å²) >= 11 is 0. The lowest BCUT2D eigenvalue weighted by molar-refractivity contribution is 0.592. The molecule has 88 valence electrons. The van der Waals surface area contributed by atoms with E-state index in [1.807, 2.05) is 6.07 Å². The van der Waals surface area contributed by atoms with Crippen molar-refractivity contribution in [3.8, 4) is 5.69 Å². The standard InChI is InChI=1S/C13H16N4/c1-10-5-2-3-7-12(10)17-9-15-16-13(17)11-6-4-8-14-11/h2-3,5,7,9,11,14H,4,6,8H2,1H3.